The quantitative estimate of drug-likeness (QED) is 0.871. The normalized spacial score (nSPS) is 11.1. The fraction of sp³-hybridized carbons (Fsp3) is 0. The van der Waals surface area contributed by atoms with E-state index in [1.807, 2.05) is 0 Å². The number of halogens is 2. The molecule has 0 aliphatic carbocycles. The number of hydrogen-bond acceptors (Lipinski definition) is 3. The molecule has 104 valence electrons. The molecule has 0 atom stereocenters. The molecule has 2 rings (SSSR count). The van der Waals surface area contributed by atoms with Crippen molar-refractivity contribution in [1.82, 2.24) is 0 Å². The number of rotatable bonds is 4. The first-order valence-corrected chi connectivity index (χ1v) is 7.69. The molecular weight excluding hydrogens is 321 g/mol. The number of carbonyl (C=O) groups is 1. The second-order valence-electron chi connectivity index (χ2n) is 3.92. The van der Waals surface area contributed by atoms with Crippen molar-refractivity contribution in [3.8, 4) is 0 Å². The molecule has 0 unspecified atom stereocenters. The molecule has 0 bridgehead atoms. The van der Waals surface area contributed by atoms with E-state index in [4.69, 9.17) is 23.2 Å². The molecule has 0 aliphatic rings. The highest BCUT2D eigenvalue weighted by molar-refractivity contribution is 7.92. The summed E-state index contributed by atoms with van der Waals surface area (Å²) in [4.78, 5) is 10.7. The van der Waals surface area contributed by atoms with Gasteiger partial charge in [-0.25, -0.2) is 8.42 Å². The second kappa shape index (κ2) is 5.83. The van der Waals surface area contributed by atoms with E-state index in [1.165, 1.54) is 24.3 Å². The minimum atomic E-state index is -3.79. The molecule has 0 aromatic heterocycles. The Bertz CT molecular complexity index is 760. The van der Waals surface area contributed by atoms with Gasteiger partial charge < -0.3 is 0 Å². The minimum Gasteiger partial charge on any atom is -0.298 e. The predicted octanol–water partition coefficient (Wildman–Crippen LogP) is 3.61. The molecule has 0 saturated carbocycles. The third-order valence-electron chi connectivity index (χ3n) is 2.48. The fourth-order valence-corrected chi connectivity index (χ4v) is 2.97. The van der Waals surface area contributed by atoms with Crippen LogP contribution in [0.5, 0.6) is 0 Å². The molecule has 0 aliphatic heterocycles. The Balaban J connectivity index is 2.35. The lowest BCUT2D eigenvalue weighted by atomic mass is 10.2. The first-order chi connectivity index (χ1) is 9.42. The van der Waals surface area contributed by atoms with E-state index < -0.39 is 10.0 Å². The van der Waals surface area contributed by atoms with Crippen LogP contribution in [-0.4, -0.2) is 14.7 Å². The van der Waals surface area contributed by atoms with Crippen LogP contribution < -0.4 is 4.72 Å². The van der Waals surface area contributed by atoms with Gasteiger partial charge in [0.1, 0.15) is 6.29 Å². The molecule has 20 heavy (non-hydrogen) atoms. The molecule has 0 amide bonds. The lowest BCUT2D eigenvalue weighted by Crippen LogP contribution is -2.13. The molecule has 0 spiro atoms. The third kappa shape index (κ3) is 3.30. The van der Waals surface area contributed by atoms with Crippen LogP contribution in [0.1, 0.15) is 10.4 Å². The average Bonchev–Trinajstić information content (AvgIpc) is 2.41. The summed E-state index contributed by atoms with van der Waals surface area (Å²) in [5.74, 6) is 0. The molecule has 7 heteroatoms. The van der Waals surface area contributed by atoms with Gasteiger partial charge in [0.05, 0.1) is 14.9 Å². The Hall–Kier alpha value is -1.56. The van der Waals surface area contributed by atoms with Crippen LogP contribution in [0.2, 0.25) is 10.0 Å². The van der Waals surface area contributed by atoms with Gasteiger partial charge >= 0.3 is 0 Å². The van der Waals surface area contributed by atoms with Gasteiger partial charge in [0.25, 0.3) is 10.0 Å². The standard InChI is InChI=1S/C13H9Cl2NO3S/c14-12-5-4-11(7-13(12)15)20(18,19)16-10-3-1-2-9(6-10)8-17/h1-8,16H. The molecule has 0 heterocycles. The molecule has 4 nitrogen and oxygen atoms in total. The summed E-state index contributed by atoms with van der Waals surface area (Å²) in [6.45, 7) is 0. The first kappa shape index (κ1) is 14.8. The molecule has 2 aromatic carbocycles. The van der Waals surface area contributed by atoms with E-state index in [2.05, 4.69) is 4.72 Å². The molecule has 2 aromatic rings. The van der Waals surface area contributed by atoms with Gasteiger partial charge in [-0.1, -0.05) is 35.3 Å². The van der Waals surface area contributed by atoms with Gasteiger partial charge in [-0.05, 0) is 30.3 Å². The zero-order chi connectivity index (χ0) is 14.8. The second-order valence-corrected chi connectivity index (χ2v) is 6.42. The highest BCUT2D eigenvalue weighted by atomic mass is 35.5. The van der Waals surface area contributed by atoms with Gasteiger partial charge in [-0.15, -0.1) is 0 Å². The monoisotopic (exact) mass is 329 g/mol. The van der Waals surface area contributed by atoms with Gasteiger partial charge in [0.2, 0.25) is 0 Å². The van der Waals surface area contributed by atoms with Crippen LogP contribution in [-0.2, 0) is 10.0 Å². The van der Waals surface area contributed by atoms with E-state index in [-0.39, 0.29) is 14.9 Å². The Morgan fingerprint density at radius 2 is 1.75 bits per heavy atom. The lowest BCUT2D eigenvalue weighted by Gasteiger charge is -2.09. The molecule has 1 N–H and O–H groups in total. The molecular formula is C13H9Cl2NO3S. The smallest absolute Gasteiger partial charge is 0.261 e. The SMILES string of the molecule is O=Cc1cccc(NS(=O)(=O)c2ccc(Cl)c(Cl)c2)c1. The summed E-state index contributed by atoms with van der Waals surface area (Å²) in [7, 11) is -3.79. The maximum atomic E-state index is 12.2. The third-order valence-corrected chi connectivity index (χ3v) is 4.59. The highest BCUT2D eigenvalue weighted by Crippen LogP contribution is 2.26. The molecule has 0 fully saturated rings. The van der Waals surface area contributed by atoms with Crippen LogP contribution >= 0.6 is 23.2 Å². The summed E-state index contributed by atoms with van der Waals surface area (Å²) in [6.07, 6.45) is 0.636. The summed E-state index contributed by atoms with van der Waals surface area (Å²) in [5, 5.41) is 0.421. The van der Waals surface area contributed by atoms with Crippen molar-refractivity contribution >= 4 is 45.2 Å². The topological polar surface area (TPSA) is 63.2 Å². The number of carbonyl (C=O) groups excluding carboxylic acids is 1. The number of anilines is 1. The van der Waals surface area contributed by atoms with E-state index in [0.717, 1.165) is 0 Å². The number of aldehydes is 1. The zero-order valence-corrected chi connectivity index (χ0v) is 12.3. The molecule has 0 radical (unpaired) electrons. The maximum Gasteiger partial charge on any atom is 0.261 e. The van der Waals surface area contributed by atoms with Gasteiger partial charge in [-0.2, -0.15) is 0 Å². The van der Waals surface area contributed by atoms with Crippen LogP contribution in [0.25, 0.3) is 0 Å². The van der Waals surface area contributed by atoms with Crippen molar-refractivity contribution < 1.29 is 13.2 Å². The Morgan fingerprint density at radius 1 is 1.00 bits per heavy atom. The number of benzene rings is 2. The van der Waals surface area contributed by atoms with Crippen LogP contribution in [0.3, 0.4) is 0 Å². The summed E-state index contributed by atoms with van der Waals surface area (Å²) in [5.41, 5.74) is 0.667. The largest absolute Gasteiger partial charge is 0.298 e. The zero-order valence-electron chi connectivity index (χ0n) is 10.0. The van der Waals surface area contributed by atoms with Crippen molar-refractivity contribution in [2.45, 2.75) is 4.90 Å². The van der Waals surface area contributed by atoms with Crippen LogP contribution in [0.15, 0.2) is 47.4 Å². The number of sulfonamides is 1. The van der Waals surface area contributed by atoms with Crippen molar-refractivity contribution in [3.63, 3.8) is 0 Å². The Morgan fingerprint density at radius 3 is 2.40 bits per heavy atom. The predicted molar refractivity (Wildman–Crippen MR) is 79.1 cm³/mol. The highest BCUT2D eigenvalue weighted by Gasteiger charge is 2.15. The number of nitrogens with one attached hydrogen (secondary N) is 1. The molecule has 0 saturated heterocycles. The number of hydrogen-bond donors (Lipinski definition) is 1. The van der Waals surface area contributed by atoms with Crippen molar-refractivity contribution in [2.75, 3.05) is 4.72 Å². The first-order valence-electron chi connectivity index (χ1n) is 5.45. The van der Waals surface area contributed by atoms with Crippen LogP contribution in [0, 0.1) is 0 Å². The minimum absolute atomic E-state index is 0.0107. The fourth-order valence-electron chi connectivity index (χ4n) is 1.53. The van der Waals surface area contributed by atoms with Gasteiger partial charge in [0.15, 0.2) is 0 Å². The van der Waals surface area contributed by atoms with Gasteiger partial charge in [0, 0.05) is 11.3 Å². The van der Waals surface area contributed by atoms with E-state index >= 15 is 0 Å². The Kier molecular flexibility index (Phi) is 4.32. The average molecular weight is 330 g/mol. The Labute approximate surface area is 126 Å². The summed E-state index contributed by atoms with van der Waals surface area (Å²) < 4.78 is 26.7. The van der Waals surface area contributed by atoms with Gasteiger partial charge in [-0.3, -0.25) is 9.52 Å². The van der Waals surface area contributed by atoms with Crippen molar-refractivity contribution in [1.29, 1.82) is 0 Å². The van der Waals surface area contributed by atoms with E-state index in [1.54, 1.807) is 18.2 Å². The maximum absolute atomic E-state index is 12.2. The van der Waals surface area contributed by atoms with E-state index in [9.17, 15) is 13.2 Å². The van der Waals surface area contributed by atoms with E-state index in [0.29, 0.717) is 17.5 Å². The lowest BCUT2D eigenvalue weighted by molar-refractivity contribution is 0.112. The van der Waals surface area contributed by atoms with Crippen molar-refractivity contribution in [3.05, 3.63) is 58.1 Å². The summed E-state index contributed by atoms with van der Waals surface area (Å²) >= 11 is 11.5. The summed E-state index contributed by atoms with van der Waals surface area (Å²) in [6, 6.07) is 10.1. The van der Waals surface area contributed by atoms with Crippen molar-refractivity contribution in [2.24, 2.45) is 0 Å². The van der Waals surface area contributed by atoms with Crippen LogP contribution in [0.4, 0.5) is 5.69 Å².